The molecule has 0 heterocycles. The highest BCUT2D eigenvalue weighted by Crippen LogP contribution is 2.29. The largest absolute Gasteiger partial charge is 0.494 e. The van der Waals surface area contributed by atoms with Gasteiger partial charge in [-0.05, 0) is 46.4 Å². The van der Waals surface area contributed by atoms with E-state index in [0.29, 0.717) is 6.61 Å². The predicted molar refractivity (Wildman–Crippen MR) is 175 cm³/mol. The van der Waals surface area contributed by atoms with E-state index in [1.165, 1.54) is 0 Å². The van der Waals surface area contributed by atoms with E-state index in [1.807, 2.05) is 146 Å². The number of rotatable bonds is 13. The van der Waals surface area contributed by atoms with Crippen molar-refractivity contribution in [2.24, 2.45) is 0 Å². The molecule has 0 saturated carbocycles. The molecule has 0 bridgehead atoms. The Morgan fingerprint density at radius 1 is 0.523 bits per heavy atom. The van der Waals surface area contributed by atoms with Crippen molar-refractivity contribution in [3.8, 4) is 5.75 Å². The number of hydrogen-bond donors (Lipinski definition) is 2. The van der Waals surface area contributed by atoms with E-state index < -0.39 is 18.0 Å². The first kappa shape index (κ1) is 30.3. The molecule has 5 rings (SSSR count). The van der Waals surface area contributed by atoms with Crippen LogP contribution in [0.4, 0.5) is 0 Å². The Labute approximate surface area is 259 Å². The van der Waals surface area contributed by atoms with Crippen LogP contribution in [0.2, 0.25) is 0 Å². The number of carbonyl (C=O) groups excluding carboxylic acids is 2. The highest BCUT2D eigenvalue weighted by Gasteiger charge is 2.29. The maximum Gasteiger partial charge on any atom is 0.233 e. The van der Waals surface area contributed by atoms with E-state index in [2.05, 4.69) is 17.6 Å². The van der Waals surface area contributed by atoms with Gasteiger partial charge in [-0.3, -0.25) is 9.59 Å². The Morgan fingerprint density at radius 2 is 0.886 bits per heavy atom. The summed E-state index contributed by atoms with van der Waals surface area (Å²) in [7, 11) is 0. The smallest absolute Gasteiger partial charge is 0.233 e. The molecule has 5 nitrogen and oxygen atoms in total. The molecule has 0 saturated heterocycles. The summed E-state index contributed by atoms with van der Waals surface area (Å²) in [5.41, 5.74) is 4.22. The van der Waals surface area contributed by atoms with Crippen LogP contribution in [0.25, 0.3) is 0 Å². The molecule has 44 heavy (non-hydrogen) atoms. The molecule has 0 aliphatic heterocycles. The third-order valence-electron chi connectivity index (χ3n) is 7.61. The monoisotopic (exact) mass is 582 g/mol. The van der Waals surface area contributed by atoms with Gasteiger partial charge in [0.05, 0.1) is 18.4 Å². The van der Waals surface area contributed by atoms with Gasteiger partial charge < -0.3 is 15.4 Å². The Hall–Kier alpha value is -5.16. The second-order valence-electron chi connectivity index (χ2n) is 10.7. The molecular weight excluding hydrogens is 544 g/mol. The molecule has 2 amide bonds. The lowest BCUT2D eigenvalue weighted by Crippen LogP contribution is -2.44. The quantitative estimate of drug-likeness (QED) is 0.110. The minimum atomic E-state index is -0.787. The van der Waals surface area contributed by atoms with Crippen molar-refractivity contribution in [1.82, 2.24) is 10.6 Å². The SMILES string of the molecule is CCCCOc1ccc(C(NC(=O)C(c2ccccc2)c2ccccc2)NC(=O)C(c2ccccc2)c2ccccc2)cc1. The summed E-state index contributed by atoms with van der Waals surface area (Å²) in [6.07, 6.45) is 1.23. The highest BCUT2D eigenvalue weighted by atomic mass is 16.5. The minimum Gasteiger partial charge on any atom is -0.494 e. The van der Waals surface area contributed by atoms with Gasteiger partial charge >= 0.3 is 0 Å². The Bertz CT molecular complexity index is 1420. The molecule has 2 N–H and O–H groups in total. The molecule has 0 unspecified atom stereocenters. The maximum atomic E-state index is 14.2. The lowest BCUT2D eigenvalue weighted by Gasteiger charge is -2.27. The fraction of sp³-hybridized carbons (Fsp3) is 0.179. The number of ether oxygens (including phenoxy) is 1. The van der Waals surface area contributed by atoms with Crippen molar-refractivity contribution < 1.29 is 14.3 Å². The second-order valence-corrected chi connectivity index (χ2v) is 10.7. The molecule has 0 atom stereocenters. The summed E-state index contributed by atoms with van der Waals surface area (Å²) in [6.45, 7) is 2.76. The number of unbranched alkanes of at least 4 members (excludes halogenated alkanes) is 1. The summed E-state index contributed by atoms with van der Waals surface area (Å²) >= 11 is 0. The third-order valence-corrected chi connectivity index (χ3v) is 7.61. The predicted octanol–water partition coefficient (Wildman–Crippen LogP) is 7.76. The van der Waals surface area contributed by atoms with Crippen LogP contribution < -0.4 is 15.4 Å². The van der Waals surface area contributed by atoms with E-state index in [9.17, 15) is 9.59 Å². The van der Waals surface area contributed by atoms with Crippen molar-refractivity contribution in [3.05, 3.63) is 173 Å². The van der Waals surface area contributed by atoms with Crippen LogP contribution in [0.3, 0.4) is 0 Å². The fourth-order valence-electron chi connectivity index (χ4n) is 5.32. The topological polar surface area (TPSA) is 67.4 Å². The molecule has 5 aromatic carbocycles. The van der Waals surface area contributed by atoms with E-state index >= 15 is 0 Å². The molecule has 0 aromatic heterocycles. The Kier molecular flexibility index (Phi) is 10.6. The lowest BCUT2D eigenvalue weighted by molar-refractivity contribution is -0.125. The highest BCUT2D eigenvalue weighted by molar-refractivity contribution is 5.90. The van der Waals surface area contributed by atoms with Gasteiger partial charge in [-0.1, -0.05) is 147 Å². The summed E-state index contributed by atoms with van der Waals surface area (Å²) in [6, 6.07) is 46.4. The third kappa shape index (κ3) is 7.81. The summed E-state index contributed by atoms with van der Waals surface area (Å²) in [5.74, 6) is -0.810. The van der Waals surface area contributed by atoms with Gasteiger partial charge in [0.15, 0.2) is 0 Å². The molecule has 5 heteroatoms. The van der Waals surface area contributed by atoms with Gasteiger partial charge in [-0.2, -0.15) is 0 Å². The molecule has 0 spiro atoms. The zero-order valence-electron chi connectivity index (χ0n) is 24.9. The maximum absolute atomic E-state index is 14.2. The fourth-order valence-corrected chi connectivity index (χ4v) is 5.32. The number of amides is 2. The molecule has 0 radical (unpaired) electrons. The van der Waals surface area contributed by atoms with E-state index in [4.69, 9.17) is 4.74 Å². The van der Waals surface area contributed by atoms with E-state index in [0.717, 1.165) is 46.4 Å². The van der Waals surface area contributed by atoms with Gasteiger partial charge in [0.2, 0.25) is 11.8 Å². The van der Waals surface area contributed by atoms with Crippen molar-refractivity contribution >= 4 is 11.8 Å². The number of nitrogens with one attached hydrogen (secondary N) is 2. The molecule has 0 fully saturated rings. The van der Waals surface area contributed by atoms with Crippen LogP contribution in [0.1, 0.15) is 65.6 Å². The van der Waals surface area contributed by atoms with Crippen LogP contribution in [0.5, 0.6) is 5.75 Å². The zero-order chi connectivity index (χ0) is 30.6. The molecule has 0 aliphatic carbocycles. The van der Waals surface area contributed by atoms with Crippen LogP contribution in [0, 0.1) is 0 Å². The summed E-state index contributed by atoms with van der Waals surface area (Å²) < 4.78 is 5.88. The zero-order valence-corrected chi connectivity index (χ0v) is 24.9. The normalized spacial score (nSPS) is 11.0. The number of benzene rings is 5. The number of hydrogen-bond acceptors (Lipinski definition) is 3. The van der Waals surface area contributed by atoms with Crippen LogP contribution in [-0.2, 0) is 9.59 Å². The van der Waals surface area contributed by atoms with E-state index in [1.54, 1.807) is 0 Å². The first-order valence-electron chi connectivity index (χ1n) is 15.2. The van der Waals surface area contributed by atoms with Gasteiger partial charge in [0.25, 0.3) is 0 Å². The lowest BCUT2D eigenvalue weighted by atomic mass is 9.89. The van der Waals surface area contributed by atoms with Crippen molar-refractivity contribution in [2.45, 2.75) is 37.8 Å². The van der Waals surface area contributed by atoms with Crippen molar-refractivity contribution in [1.29, 1.82) is 0 Å². The molecule has 0 aliphatic rings. The minimum absolute atomic E-state index is 0.216. The van der Waals surface area contributed by atoms with Crippen molar-refractivity contribution in [2.75, 3.05) is 6.61 Å². The van der Waals surface area contributed by atoms with Crippen molar-refractivity contribution in [3.63, 3.8) is 0 Å². The van der Waals surface area contributed by atoms with Gasteiger partial charge in [0.1, 0.15) is 11.9 Å². The van der Waals surface area contributed by atoms with E-state index in [-0.39, 0.29) is 11.8 Å². The Balaban J connectivity index is 1.48. The Morgan fingerprint density at radius 3 is 1.23 bits per heavy atom. The molecule has 222 valence electrons. The van der Waals surface area contributed by atoms with Gasteiger partial charge in [0, 0.05) is 0 Å². The summed E-state index contributed by atoms with van der Waals surface area (Å²) in [4.78, 5) is 28.3. The molecule has 5 aromatic rings. The average Bonchev–Trinajstić information content (AvgIpc) is 3.07. The van der Waals surface area contributed by atoms with Gasteiger partial charge in [-0.25, -0.2) is 0 Å². The average molecular weight is 583 g/mol. The van der Waals surface area contributed by atoms with Crippen LogP contribution >= 0.6 is 0 Å². The van der Waals surface area contributed by atoms with Crippen LogP contribution in [-0.4, -0.2) is 18.4 Å². The number of carbonyl (C=O) groups is 2. The first-order valence-corrected chi connectivity index (χ1v) is 15.2. The second kappa shape index (κ2) is 15.4. The first-order chi connectivity index (χ1) is 21.6. The standard InChI is InChI=1S/C39H38N2O3/c1-2-3-28-44-34-26-24-33(25-27-34)37(40-38(42)35(29-16-8-4-9-17-29)30-18-10-5-11-19-30)41-39(43)36(31-20-12-6-13-21-31)32-22-14-7-15-23-32/h4-27,35-37H,2-3,28H2,1H3,(H,40,42)(H,41,43). The van der Waals surface area contributed by atoms with Gasteiger partial charge in [-0.15, -0.1) is 0 Å². The van der Waals surface area contributed by atoms with Crippen LogP contribution in [0.15, 0.2) is 146 Å². The summed E-state index contributed by atoms with van der Waals surface area (Å²) in [5, 5.41) is 6.36. The molecular formula is C39H38N2O3.